The number of likely N-dealkylation sites (N-methyl/N-ethyl adjacent to an activating group) is 1. The lowest BCUT2D eigenvalue weighted by molar-refractivity contribution is 0.512. The normalized spacial score (nSPS) is 12.4. The van der Waals surface area contributed by atoms with Gasteiger partial charge in [0.1, 0.15) is 11.6 Å². The van der Waals surface area contributed by atoms with Crippen molar-refractivity contribution in [3.8, 4) is 0 Å². The highest BCUT2D eigenvalue weighted by Gasteiger charge is 2.18. The monoisotopic (exact) mass is 353 g/mol. The van der Waals surface area contributed by atoms with Crippen LogP contribution in [-0.2, 0) is 12.8 Å². The van der Waals surface area contributed by atoms with E-state index in [2.05, 4.69) is 28.2 Å². The molecule has 4 heteroatoms. The fourth-order valence-electron chi connectivity index (χ4n) is 2.33. The second kappa shape index (κ2) is 7.14. The van der Waals surface area contributed by atoms with E-state index in [9.17, 15) is 8.78 Å². The summed E-state index contributed by atoms with van der Waals surface area (Å²) < 4.78 is 28.2. The van der Waals surface area contributed by atoms with E-state index in [4.69, 9.17) is 0 Å². The van der Waals surface area contributed by atoms with Gasteiger partial charge in [0.05, 0.1) is 4.47 Å². The van der Waals surface area contributed by atoms with Crippen LogP contribution in [0.2, 0.25) is 0 Å². The Bertz CT molecular complexity index is 611. The lowest BCUT2D eigenvalue weighted by Crippen LogP contribution is -2.20. The molecule has 0 amide bonds. The molecule has 112 valence electrons. The third-order valence-electron chi connectivity index (χ3n) is 3.69. The van der Waals surface area contributed by atoms with Gasteiger partial charge in [0, 0.05) is 11.6 Å². The number of benzene rings is 2. The molecule has 0 aliphatic heterocycles. The fraction of sp³-hybridized carbons (Fsp3) is 0.294. The predicted molar refractivity (Wildman–Crippen MR) is 85.4 cm³/mol. The SMILES string of the molecule is CCc1ccc(C(Cc2c(F)ccc(Br)c2F)NC)cc1. The van der Waals surface area contributed by atoms with E-state index in [-0.39, 0.29) is 22.5 Å². The Morgan fingerprint density at radius 2 is 1.76 bits per heavy atom. The van der Waals surface area contributed by atoms with Crippen molar-refractivity contribution >= 4 is 15.9 Å². The molecule has 0 radical (unpaired) electrons. The first kappa shape index (κ1) is 16.1. The van der Waals surface area contributed by atoms with Gasteiger partial charge < -0.3 is 5.32 Å². The second-order valence-corrected chi connectivity index (χ2v) is 5.82. The summed E-state index contributed by atoms with van der Waals surface area (Å²) in [6.45, 7) is 2.09. The molecule has 0 fully saturated rings. The summed E-state index contributed by atoms with van der Waals surface area (Å²) in [5.74, 6) is -1.04. The molecule has 0 saturated heterocycles. The van der Waals surface area contributed by atoms with Crippen molar-refractivity contribution in [2.75, 3.05) is 7.05 Å². The summed E-state index contributed by atoms with van der Waals surface area (Å²) in [5.41, 5.74) is 2.37. The number of halogens is 3. The van der Waals surface area contributed by atoms with Gasteiger partial charge in [-0.2, -0.15) is 0 Å². The van der Waals surface area contributed by atoms with Gasteiger partial charge in [-0.25, -0.2) is 8.78 Å². The highest BCUT2D eigenvalue weighted by Crippen LogP contribution is 2.26. The summed E-state index contributed by atoms with van der Waals surface area (Å²) in [4.78, 5) is 0. The first-order valence-corrected chi connectivity index (χ1v) is 7.74. The Kier molecular flexibility index (Phi) is 5.48. The molecule has 1 nitrogen and oxygen atoms in total. The standard InChI is InChI=1S/C17H18BrF2N/c1-3-11-4-6-12(7-5-11)16(21-2)10-13-15(19)9-8-14(18)17(13)20/h4-9,16,21H,3,10H2,1-2H3. The smallest absolute Gasteiger partial charge is 0.143 e. The number of nitrogens with one attached hydrogen (secondary N) is 1. The summed E-state index contributed by atoms with van der Waals surface area (Å²) >= 11 is 3.11. The first-order chi connectivity index (χ1) is 10.1. The predicted octanol–water partition coefficient (Wildman–Crippen LogP) is 4.79. The topological polar surface area (TPSA) is 12.0 Å². The van der Waals surface area contributed by atoms with Crippen LogP contribution in [0.25, 0.3) is 0 Å². The Labute approximate surface area is 132 Å². The molecule has 1 N–H and O–H groups in total. The lowest BCUT2D eigenvalue weighted by atomic mass is 9.97. The number of hydrogen-bond acceptors (Lipinski definition) is 1. The molecule has 0 saturated carbocycles. The molecule has 2 rings (SSSR count). The van der Waals surface area contributed by atoms with Crippen LogP contribution in [0.1, 0.15) is 29.7 Å². The molecular formula is C17H18BrF2N. The molecule has 0 aliphatic rings. The van der Waals surface area contributed by atoms with E-state index < -0.39 is 11.6 Å². The van der Waals surface area contributed by atoms with Gasteiger partial charge in [0.25, 0.3) is 0 Å². The van der Waals surface area contributed by atoms with Crippen LogP contribution in [0.3, 0.4) is 0 Å². The van der Waals surface area contributed by atoms with Crippen LogP contribution >= 0.6 is 15.9 Å². The number of rotatable bonds is 5. The first-order valence-electron chi connectivity index (χ1n) is 6.95. The van der Waals surface area contributed by atoms with Crippen LogP contribution in [0.15, 0.2) is 40.9 Å². The summed E-state index contributed by atoms with van der Waals surface area (Å²) in [5, 5.41) is 3.13. The number of hydrogen-bond donors (Lipinski definition) is 1. The zero-order valence-electron chi connectivity index (χ0n) is 12.1. The zero-order valence-corrected chi connectivity index (χ0v) is 13.7. The summed E-state index contributed by atoms with van der Waals surface area (Å²) in [6, 6.07) is 10.7. The van der Waals surface area contributed by atoms with Crippen LogP contribution in [-0.4, -0.2) is 7.05 Å². The highest BCUT2D eigenvalue weighted by atomic mass is 79.9. The molecule has 2 aromatic rings. The number of aryl methyl sites for hydroxylation is 1. The molecule has 0 aliphatic carbocycles. The molecule has 0 heterocycles. The maximum Gasteiger partial charge on any atom is 0.143 e. The molecule has 1 unspecified atom stereocenters. The van der Waals surface area contributed by atoms with Gasteiger partial charge in [0.2, 0.25) is 0 Å². The Morgan fingerprint density at radius 3 is 2.33 bits per heavy atom. The summed E-state index contributed by atoms with van der Waals surface area (Å²) in [6.07, 6.45) is 1.23. The van der Waals surface area contributed by atoms with Crippen molar-refractivity contribution in [2.24, 2.45) is 0 Å². The summed E-state index contributed by atoms with van der Waals surface area (Å²) in [7, 11) is 1.80. The second-order valence-electron chi connectivity index (χ2n) is 4.96. The van der Waals surface area contributed by atoms with Crippen molar-refractivity contribution in [3.63, 3.8) is 0 Å². The third-order valence-corrected chi connectivity index (χ3v) is 4.30. The van der Waals surface area contributed by atoms with Crippen LogP contribution in [0.5, 0.6) is 0 Å². The van der Waals surface area contributed by atoms with Crippen molar-refractivity contribution in [2.45, 2.75) is 25.8 Å². The van der Waals surface area contributed by atoms with E-state index in [1.807, 2.05) is 24.3 Å². The Balaban J connectivity index is 2.28. The van der Waals surface area contributed by atoms with E-state index >= 15 is 0 Å². The fourth-order valence-corrected chi connectivity index (χ4v) is 2.70. The van der Waals surface area contributed by atoms with Crippen molar-refractivity contribution < 1.29 is 8.78 Å². The molecule has 0 spiro atoms. The third kappa shape index (κ3) is 3.69. The minimum absolute atomic E-state index is 0.100. The maximum absolute atomic E-state index is 14.1. The van der Waals surface area contributed by atoms with E-state index in [1.165, 1.54) is 17.7 Å². The average molecular weight is 354 g/mol. The van der Waals surface area contributed by atoms with Gasteiger partial charge in [-0.05, 0) is 59.1 Å². The molecule has 2 aromatic carbocycles. The Hall–Kier alpha value is -1.26. The largest absolute Gasteiger partial charge is 0.313 e. The average Bonchev–Trinajstić information content (AvgIpc) is 2.52. The van der Waals surface area contributed by atoms with Crippen LogP contribution in [0, 0.1) is 11.6 Å². The van der Waals surface area contributed by atoms with Gasteiger partial charge in [-0.15, -0.1) is 0 Å². The molecule has 0 bridgehead atoms. The van der Waals surface area contributed by atoms with Gasteiger partial charge >= 0.3 is 0 Å². The minimum Gasteiger partial charge on any atom is -0.313 e. The van der Waals surface area contributed by atoms with Crippen molar-refractivity contribution in [1.82, 2.24) is 5.32 Å². The molecule has 0 aromatic heterocycles. The minimum atomic E-state index is -0.527. The highest BCUT2D eigenvalue weighted by molar-refractivity contribution is 9.10. The van der Waals surface area contributed by atoms with Crippen LogP contribution < -0.4 is 5.32 Å². The quantitative estimate of drug-likeness (QED) is 0.761. The van der Waals surface area contributed by atoms with Gasteiger partial charge in [0.15, 0.2) is 0 Å². The van der Waals surface area contributed by atoms with E-state index in [0.29, 0.717) is 0 Å². The Morgan fingerprint density at radius 1 is 1.10 bits per heavy atom. The molecular weight excluding hydrogens is 336 g/mol. The maximum atomic E-state index is 14.1. The molecule has 1 atom stereocenters. The van der Waals surface area contributed by atoms with E-state index in [1.54, 1.807) is 7.05 Å². The zero-order chi connectivity index (χ0) is 15.4. The van der Waals surface area contributed by atoms with Gasteiger partial charge in [-0.1, -0.05) is 31.2 Å². The lowest BCUT2D eigenvalue weighted by Gasteiger charge is -2.18. The van der Waals surface area contributed by atoms with Crippen molar-refractivity contribution in [3.05, 3.63) is 69.2 Å². The van der Waals surface area contributed by atoms with E-state index in [0.717, 1.165) is 12.0 Å². The van der Waals surface area contributed by atoms with Gasteiger partial charge in [-0.3, -0.25) is 0 Å². The molecule has 21 heavy (non-hydrogen) atoms. The van der Waals surface area contributed by atoms with Crippen molar-refractivity contribution in [1.29, 1.82) is 0 Å². The van der Waals surface area contributed by atoms with Crippen LogP contribution in [0.4, 0.5) is 8.78 Å².